The van der Waals surface area contributed by atoms with Gasteiger partial charge >= 0.3 is 0 Å². The minimum atomic E-state index is -2.87. The minimum absolute atomic E-state index is 0.0649. The number of aryl methyl sites for hydroxylation is 1. The van der Waals surface area contributed by atoms with Gasteiger partial charge in [0.05, 0.1) is 15.3 Å². The van der Waals surface area contributed by atoms with Gasteiger partial charge < -0.3 is 0 Å². The highest BCUT2D eigenvalue weighted by molar-refractivity contribution is 7.93. The fourth-order valence-electron chi connectivity index (χ4n) is 3.44. The topological polar surface area (TPSA) is 76.5 Å². The molecule has 0 aliphatic rings. The Labute approximate surface area is 211 Å². The van der Waals surface area contributed by atoms with Gasteiger partial charge in [-0.3, -0.25) is 14.6 Å². The summed E-state index contributed by atoms with van der Waals surface area (Å²) < 4.78 is 16.8. The van der Waals surface area contributed by atoms with Gasteiger partial charge in [-0.2, -0.15) is 4.36 Å². The van der Waals surface area contributed by atoms with Gasteiger partial charge in [-0.1, -0.05) is 72.0 Å². The molecule has 0 spiro atoms. The van der Waals surface area contributed by atoms with Crippen LogP contribution in [0.15, 0.2) is 107 Å². The van der Waals surface area contributed by atoms with Crippen molar-refractivity contribution in [3.63, 3.8) is 0 Å². The highest BCUT2D eigenvalue weighted by Gasteiger charge is 2.12. The molecule has 3 aromatic carbocycles. The van der Waals surface area contributed by atoms with Crippen molar-refractivity contribution in [2.45, 2.75) is 18.2 Å². The Balaban J connectivity index is 1.46. The molecule has 1 amide bonds. The van der Waals surface area contributed by atoms with Crippen molar-refractivity contribution in [3.8, 4) is 11.8 Å². The number of rotatable bonds is 5. The van der Waals surface area contributed by atoms with E-state index < -0.39 is 15.6 Å². The Kier molecular flexibility index (Phi) is 7.53. The van der Waals surface area contributed by atoms with Crippen molar-refractivity contribution >= 4 is 21.4 Å². The molecule has 1 aromatic heterocycles. The third-order valence-corrected chi connectivity index (χ3v) is 7.13. The summed E-state index contributed by atoms with van der Waals surface area (Å²) in [6.07, 6.45) is 4.70. The molecule has 1 unspecified atom stereocenters. The maximum absolute atomic E-state index is 12.9. The maximum Gasteiger partial charge on any atom is 0.286 e. The number of aromatic nitrogens is 1. The predicted molar refractivity (Wildman–Crippen MR) is 141 cm³/mol. The molecule has 0 saturated heterocycles. The van der Waals surface area contributed by atoms with Crippen molar-refractivity contribution in [1.82, 2.24) is 4.98 Å². The molecule has 4 rings (SSSR count). The molecule has 178 valence electrons. The van der Waals surface area contributed by atoms with Crippen LogP contribution in [0.3, 0.4) is 0 Å². The second-order valence-corrected chi connectivity index (χ2v) is 10.6. The van der Waals surface area contributed by atoms with Crippen LogP contribution >= 0.6 is 0 Å². The quantitative estimate of drug-likeness (QED) is 0.272. The van der Waals surface area contributed by atoms with Crippen molar-refractivity contribution in [1.29, 1.82) is 0 Å². The van der Waals surface area contributed by atoms with Crippen molar-refractivity contribution in [3.05, 3.63) is 131 Å². The van der Waals surface area contributed by atoms with Crippen LogP contribution in [0.25, 0.3) is 0 Å². The summed E-state index contributed by atoms with van der Waals surface area (Å²) in [4.78, 5) is 29.7. The van der Waals surface area contributed by atoms with Gasteiger partial charge in [-0.25, -0.2) is 4.21 Å². The summed E-state index contributed by atoms with van der Waals surface area (Å²) in [6, 6.07) is 25.3. The van der Waals surface area contributed by atoms with E-state index in [1.54, 1.807) is 36.5 Å². The molecule has 1 atom stereocenters. The molecule has 5 nitrogen and oxygen atoms in total. The van der Waals surface area contributed by atoms with E-state index >= 15 is 0 Å². The summed E-state index contributed by atoms with van der Waals surface area (Å²) in [5.41, 5.74) is 4.24. The van der Waals surface area contributed by atoms with Gasteiger partial charge in [0.25, 0.3) is 5.91 Å². The number of hydrogen-bond acceptors (Lipinski definition) is 4. The largest absolute Gasteiger partial charge is 0.294 e. The first kappa shape index (κ1) is 24.8. The smallest absolute Gasteiger partial charge is 0.286 e. The van der Waals surface area contributed by atoms with Gasteiger partial charge in [0.15, 0.2) is 5.78 Å². The summed E-state index contributed by atoms with van der Waals surface area (Å²) >= 11 is 0. The molecule has 0 radical (unpaired) electrons. The number of Topliss-reactive ketones (excluding diaryl/α,β-unsaturated/α-hetero) is 1. The van der Waals surface area contributed by atoms with E-state index in [1.807, 2.05) is 61.5 Å². The minimum Gasteiger partial charge on any atom is -0.294 e. The van der Waals surface area contributed by atoms with Gasteiger partial charge in [0.2, 0.25) is 0 Å². The van der Waals surface area contributed by atoms with Crippen LogP contribution in [-0.2, 0) is 16.1 Å². The molecule has 0 aliphatic heterocycles. The summed E-state index contributed by atoms with van der Waals surface area (Å²) in [5, 5.41) is 0. The molecular weight excluding hydrogens is 468 g/mol. The molecule has 0 bridgehead atoms. The third-order valence-electron chi connectivity index (χ3n) is 5.47. The van der Waals surface area contributed by atoms with E-state index in [0.717, 1.165) is 16.7 Å². The SMILES string of the molecule is Cc1ccc(C(=O)Cc2ccc(C#Cc3cncc(C(=O)N=S(C)(=O)c4ccccc4)c3)cc2)cc1. The molecule has 4 aromatic rings. The van der Waals surface area contributed by atoms with E-state index in [9.17, 15) is 13.8 Å². The fraction of sp³-hybridized carbons (Fsp3) is 0.100. The van der Waals surface area contributed by atoms with Crippen LogP contribution in [0.5, 0.6) is 0 Å². The summed E-state index contributed by atoms with van der Waals surface area (Å²) in [5.74, 6) is 5.50. The second-order valence-electron chi connectivity index (χ2n) is 8.39. The zero-order valence-electron chi connectivity index (χ0n) is 20.0. The van der Waals surface area contributed by atoms with E-state index in [1.165, 1.54) is 12.5 Å². The van der Waals surface area contributed by atoms with Crippen LogP contribution in [0.2, 0.25) is 0 Å². The monoisotopic (exact) mass is 492 g/mol. The average molecular weight is 493 g/mol. The first-order valence-electron chi connectivity index (χ1n) is 11.3. The number of nitrogens with zero attached hydrogens (tertiary/aromatic N) is 2. The molecule has 1 heterocycles. The normalized spacial score (nSPS) is 12.1. The lowest BCUT2D eigenvalue weighted by atomic mass is 10.0. The van der Waals surface area contributed by atoms with Crippen LogP contribution in [0, 0.1) is 18.8 Å². The maximum atomic E-state index is 12.9. The molecule has 0 N–H and O–H groups in total. The fourth-order valence-corrected chi connectivity index (χ4v) is 4.63. The second kappa shape index (κ2) is 10.9. The van der Waals surface area contributed by atoms with Crippen LogP contribution in [0.4, 0.5) is 0 Å². The van der Waals surface area contributed by atoms with Gasteiger partial charge in [0.1, 0.15) is 0 Å². The lowest BCUT2D eigenvalue weighted by Crippen LogP contribution is -2.04. The number of hydrogen-bond donors (Lipinski definition) is 0. The van der Waals surface area contributed by atoms with Crippen molar-refractivity contribution < 1.29 is 13.8 Å². The summed E-state index contributed by atoms with van der Waals surface area (Å²) in [7, 11) is -2.87. The molecular formula is C30H24N2O3S. The van der Waals surface area contributed by atoms with E-state index in [-0.39, 0.29) is 11.3 Å². The van der Waals surface area contributed by atoms with Gasteiger partial charge in [-0.05, 0) is 42.8 Å². The lowest BCUT2D eigenvalue weighted by molar-refractivity contribution is 0.0988. The summed E-state index contributed by atoms with van der Waals surface area (Å²) in [6.45, 7) is 1.99. The number of ketones is 1. The Morgan fingerprint density at radius 1 is 0.833 bits per heavy atom. The first-order chi connectivity index (χ1) is 17.3. The van der Waals surface area contributed by atoms with Crippen molar-refractivity contribution in [2.24, 2.45) is 4.36 Å². The van der Waals surface area contributed by atoms with E-state index in [4.69, 9.17) is 0 Å². The molecule has 0 saturated carbocycles. The third kappa shape index (κ3) is 6.41. The first-order valence-corrected chi connectivity index (χ1v) is 13.2. The Hall–Kier alpha value is -4.34. The van der Waals surface area contributed by atoms with Crippen LogP contribution in [-0.4, -0.2) is 27.1 Å². The highest BCUT2D eigenvalue weighted by atomic mass is 32.2. The zero-order valence-corrected chi connectivity index (χ0v) is 20.8. The number of pyridine rings is 1. The zero-order chi connectivity index (χ0) is 25.5. The number of benzene rings is 3. The van der Waals surface area contributed by atoms with Crippen LogP contribution in [0.1, 0.15) is 43.0 Å². The number of carbonyl (C=O) groups excluding carboxylic acids is 2. The van der Waals surface area contributed by atoms with Gasteiger partial charge in [-0.15, -0.1) is 0 Å². The lowest BCUT2D eigenvalue weighted by Gasteiger charge is -2.03. The molecule has 0 fully saturated rings. The molecule has 36 heavy (non-hydrogen) atoms. The Bertz CT molecular complexity index is 1590. The van der Waals surface area contributed by atoms with E-state index in [2.05, 4.69) is 21.2 Å². The Morgan fingerprint density at radius 2 is 1.50 bits per heavy atom. The Morgan fingerprint density at radius 3 is 2.19 bits per heavy atom. The number of carbonyl (C=O) groups is 2. The van der Waals surface area contributed by atoms with Crippen molar-refractivity contribution in [2.75, 3.05) is 6.26 Å². The average Bonchev–Trinajstić information content (AvgIpc) is 2.89. The highest BCUT2D eigenvalue weighted by Crippen LogP contribution is 2.14. The van der Waals surface area contributed by atoms with Crippen LogP contribution < -0.4 is 0 Å². The number of amides is 1. The molecule has 6 heteroatoms. The van der Waals surface area contributed by atoms with E-state index in [0.29, 0.717) is 22.4 Å². The molecule has 0 aliphatic carbocycles. The van der Waals surface area contributed by atoms with Gasteiger partial charge in [0, 0.05) is 46.7 Å². The standard InChI is InChI=1S/C30H24N2O3S/c1-22-8-16-26(17-9-22)29(33)19-24-13-10-23(11-14-24)12-15-25-18-27(21-31-20-25)30(34)32-36(2,35)28-6-4-3-5-7-28/h3-11,13-14,16-18,20-21H,19H2,1-2H3. The predicted octanol–water partition coefficient (Wildman–Crippen LogP) is 5.51.